The second kappa shape index (κ2) is 10.6. The van der Waals surface area contributed by atoms with E-state index in [0.717, 1.165) is 0 Å². The van der Waals surface area contributed by atoms with Crippen LogP contribution in [0.4, 0.5) is 5.69 Å². The topological polar surface area (TPSA) is 111 Å². The van der Waals surface area contributed by atoms with E-state index < -0.39 is 24.4 Å². The van der Waals surface area contributed by atoms with Crippen molar-refractivity contribution >= 4 is 29.3 Å². The number of carbonyl (C=O) groups is 4. The van der Waals surface area contributed by atoms with Gasteiger partial charge in [-0.2, -0.15) is 0 Å². The fourth-order valence-electron chi connectivity index (χ4n) is 2.33. The Bertz CT molecular complexity index is 892. The molecule has 0 aromatic heterocycles. The highest BCUT2D eigenvalue weighted by Crippen LogP contribution is 2.12. The van der Waals surface area contributed by atoms with E-state index >= 15 is 0 Å². The van der Waals surface area contributed by atoms with E-state index in [2.05, 4.69) is 10.6 Å². The lowest BCUT2D eigenvalue weighted by molar-refractivity contribution is -0.146. The molecule has 0 fully saturated rings. The summed E-state index contributed by atoms with van der Waals surface area (Å²) in [5, 5.41) is 4.95. The summed E-state index contributed by atoms with van der Waals surface area (Å²) < 4.78 is 10.1. The molecule has 0 heterocycles. The molecule has 0 atom stereocenters. The summed E-state index contributed by atoms with van der Waals surface area (Å²) in [7, 11) is 0. The van der Waals surface area contributed by atoms with Crippen LogP contribution in [0.3, 0.4) is 0 Å². The number of anilines is 1. The SMILES string of the molecule is CCOc1ccc(C(=O)NCC(=O)OCC(=O)Nc2cccc(C(C)=O)c2)cc1. The highest BCUT2D eigenvalue weighted by molar-refractivity contribution is 5.98. The Balaban J connectivity index is 1.74. The number of esters is 1. The van der Waals surface area contributed by atoms with E-state index in [-0.39, 0.29) is 12.3 Å². The molecule has 2 amide bonds. The molecule has 0 spiro atoms. The molecular formula is C21H22N2O6. The van der Waals surface area contributed by atoms with E-state index in [0.29, 0.717) is 29.2 Å². The van der Waals surface area contributed by atoms with Crippen LogP contribution >= 0.6 is 0 Å². The molecule has 8 nitrogen and oxygen atoms in total. The van der Waals surface area contributed by atoms with Crippen molar-refractivity contribution in [2.45, 2.75) is 13.8 Å². The van der Waals surface area contributed by atoms with E-state index in [1.807, 2.05) is 6.92 Å². The highest BCUT2D eigenvalue weighted by Gasteiger charge is 2.11. The van der Waals surface area contributed by atoms with Crippen LogP contribution in [-0.2, 0) is 14.3 Å². The summed E-state index contributed by atoms with van der Waals surface area (Å²) in [6.45, 7) is 2.91. The Morgan fingerprint density at radius 1 is 0.966 bits per heavy atom. The van der Waals surface area contributed by atoms with Gasteiger partial charge < -0.3 is 20.1 Å². The molecule has 0 aliphatic rings. The van der Waals surface area contributed by atoms with Crippen LogP contribution in [0.5, 0.6) is 5.75 Å². The first-order valence-electron chi connectivity index (χ1n) is 8.96. The van der Waals surface area contributed by atoms with Crippen LogP contribution in [0.1, 0.15) is 34.6 Å². The first kappa shape index (κ1) is 21.6. The van der Waals surface area contributed by atoms with Gasteiger partial charge in [0.05, 0.1) is 6.61 Å². The Morgan fingerprint density at radius 3 is 2.34 bits per heavy atom. The van der Waals surface area contributed by atoms with Gasteiger partial charge in [-0.25, -0.2) is 0 Å². The third-order valence-corrected chi connectivity index (χ3v) is 3.74. The predicted octanol–water partition coefficient (Wildman–Crippen LogP) is 2.20. The third kappa shape index (κ3) is 7.10. The number of rotatable bonds is 9. The molecule has 0 saturated carbocycles. The lowest BCUT2D eigenvalue weighted by atomic mass is 10.1. The maximum Gasteiger partial charge on any atom is 0.325 e. The lowest BCUT2D eigenvalue weighted by Crippen LogP contribution is -2.32. The van der Waals surface area contributed by atoms with E-state index in [1.54, 1.807) is 42.5 Å². The summed E-state index contributed by atoms with van der Waals surface area (Å²) in [6.07, 6.45) is 0. The summed E-state index contributed by atoms with van der Waals surface area (Å²) >= 11 is 0. The third-order valence-electron chi connectivity index (χ3n) is 3.74. The van der Waals surface area contributed by atoms with E-state index in [4.69, 9.17) is 9.47 Å². The van der Waals surface area contributed by atoms with Crippen LogP contribution in [-0.4, -0.2) is 43.3 Å². The van der Waals surface area contributed by atoms with Crippen LogP contribution < -0.4 is 15.4 Å². The molecule has 0 unspecified atom stereocenters. The summed E-state index contributed by atoms with van der Waals surface area (Å²) in [6, 6.07) is 12.9. The molecule has 2 rings (SSSR count). The monoisotopic (exact) mass is 398 g/mol. The number of carbonyl (C=O) groups excluding carboxylic acids is 4. The zero-order valence-electron chi connectivity index (χ0n) is 16.2. The van der Waals surface area contributed by atoms with Gasteiger partial charge in [0.2, 0.25) is 0 Å². The molecule has 0 aliphatic heterocycles. The molecule has 2 N–H and O–H groups in total. The van der Waals surface area contributed by atoms with Crippen molar-refractivity contribution < 1.29 is 28.7 Å². The Hall–Kier alpha value is -3.68. The fourth-order valence-corrected chi connectivity index (χ4v) is 2.33. The number of ether oxygens (including phenoxy) is 2. The average molecular weight is 398 g/mol. The van der Waals surface area contributed by atoms with Gasteiger partial charge in [0.1, 0.15) is 12.3 Å². The molecule has 2 aromatic rings. The first-order valence-corrected chi connectivity index (χ1v) is 8.96. The largest absolute Gasteiger partial charge is 0.494 e. The molecule has 2 aromatic carbocycles. The minimum Gasteiger partial charge on any atom is -0.494 e. The molecule has 8 heteroatoms. The van der Waals surface area contributed by atoms with Crippen molar-refractivity contribution in [3.8, 4) is 5.75 Å². The molecule has 0 aliphatic carbocycles. The highest BCUT2D eigenvalue weighted by atomic mass is 16.5. The maximum absolute atomic E-state index is 12.0. The molecule has 0 bridgehead atoms. The van der Waals surface area contributed by atoms with Gasteiger partial charge in [0.25, 0.3) is 11.8 Å². The van der Waals surface area contributed by atoms with Crippen molar-refractivity contribution in [2.24, 2.45) is 0 Å². The van der Waals surface area contributed by atoms with Crippen LogP contribution in [0.15, 0.2) is 48.5 Å². The molecular weight excluding hydrogens is 376 g/mol. The molecule has 152 valence electrons. The van der Waals surface area contributed by atoms with Crippen molar-refractivity contribution in [1.29, 1.82) is 0 Å². The minimum atomic E-state index is -0.753. The number of hydrogen-bond acceptors (Lipinski definition) is 6. The predicted molar refractivity (Wildman–Crippen MR) is 106 cm³/mol. The normalized spacial score (nSPS) is 10.0. The van der Waals surface area contributed by atoms with Gasteiger partial charge in [0, 0.05) is 16.8 Å². The zero-order chi connectivity index (χ0) is 21.2. The number of amides is 2. The molecule has 0 radical (unpaired) electrons. The fraction of sp³-hybridized carbons (Fsp3) is 0.238. The van der Waals surface area contributed by atoms with Gasteiger partial charge in [-0.3, -0.25) is 19.2 Å². The molecule has 0 saturated heterocycles. The van der Waals surface area contributed by atoms with Gasteiger partial charge >= 0.3 is 5.97 Å². The number of nitrogens with one attached hydrogen (secondary N) is 2. The summed E-state index contributed by atoms with van der Waals surface area (Å²) in [4.78, 5) is 47.0. The van der Waals surface area contributed by atoms with Crippen molar-refractivity contribution in [2.75, 3.05) is 25.1 Å². The lowest BCUT2D eigenvalue weighted by Gasteiger charge is -2.09. The first-order chi connectivity index (χ1) is 13.9. The van der Waals surface area contributed by atoms with Gasteiger partial charge in [-0.05, 0) is 50.2 Å². The van der Waals surface area contributed by atoms with Crippen LogP contribution in [0, 0.1) is 0 Å². The smallest absolute Gasteiger partial charge is 0.325 e. The molecule has 29 heavy (non-hydrogen) atoms. The summed E-state index contributed by atoms with van der Waals surface area (Å²) in [5.41, 5.74) is 1.24. The number of ketones is 1. The minimum absolute atomic E-state index is 0.129. The van der Waals surface area contributed by atoms with Gasteiger partial charge in [0.15, 0.2) is 12.4 Å². The van der Waals surface area contributed by atoms with E-state index in [9.17, 15) is 19.2 Å². The second-order valence-corrected chi connectivity index (χ2v) is 5.99. The number of hydrogen-bond donors (Lipinski definition) is 2. The Morgan fingerprint density at radius 2 is 1.69 bits per heavy atom. The average Bonchev–Trinajstić information content (AvgIpc) is 2.71. The van der Waals surface area contributed by atoms with E-state index in [1.165, 1.54) is 13.0 Å². The van der Waals surface area contributed by atoms with Crippen molar-refractivity contribution in [1.82, 2.24) is 5.32 Å². The van der Waals surface area contributed by atoms with Crippen molar-refractivity contribution in [3.63, 3.8) is 0 Å². The Labute approximate surface area is 168 Å². The van der Waals surface area contributed by atoms with Crippen molar-refractivity contribution in [3.05, 3.63) is 59.7 Å². The Kier molecular flexibility index (Phi) is 7.90. The second-order valence-electron chi connectivity index (χ2n) is 5.99. The quantitative estimate of drug-likeness (QED) is 0.495. The maximum atomic E-state index is 12.0. The standard InChI is InChI=1S/C21H22N2O6/c1-3-28-18-9-7-15(8-10-18)21(27)22-12-20(26)29-13-19(25)23-17-6-4-5-16(11-17)14(2)24/h4-11H,3,12-13H2,1-2H3,(H,22,27)(H,23,25). The van der Waals surface area contributed by atoms with Crippen LogP contribution in [0.25, 0.3) is 0 Å². The summed E-state index contributed by atoms with van der Waals surface area (Å²) in [5.74, 6) is -1.25. The number of benzene rings is 2. The number of Topliss-reactive ketones (excluding diaryl/α,β-unsaturated/α-hetero) is 1. The van der Waals surface area contributed by atoms with Gasteiger partial charge in [-0.15, -0.1) is 0 Å². The zero-order valence-corrected chi connectivity index (χ0v) is 16.2. The van der Waals surface area contributed by atoms with Crippen LogP contribution in [0.2, 0.25) is 0 Å². The van der Waals surface area contributed by atoms with Gasteiger partial charge in [-0.1, -0.05) is 12.1 Å².